The van der Waals surface area contributed by atoms with Crippen LogP contribution in [0.4, 0.5) is 11.4 Å². The summed E-state index contributed by atoms with van der Waals surface area (Å²) in [5.74, 6) is 0. The number of aromatic nitrogens is 1. The first-order valence-electron chi connectivity index (χ1n) is 8.56. The summed E-state index contributed by atoms with van der Waals surface area (Å²) in [6.07, 6.45) is 6.35. The van der Waals surface area contributed by atoms with Gasteiger partial charge < -0.3 is 4.99 Å². The van der Waals surface area contributed by atoms with Gasteiger partial charge in [-0.1, -0.05) is 55.1 Å². The van der Waals surface area contributed by atoms with Gasteiger partial charge in [-0.2, -0.15) is 6.21 Å². The molecule has 0 saturated carbocycles. The first-order valence-corrected chi connectivity index (χ1v) is 8.56. The van der Waals surface area contributed by atoms with Gasteiger partial charge in [-0.15, -0.1) is 18.6 Å². The molecule has 3 rings (SSSR count). The van der Waals surface area contributed by atoms with Crippen LogP contribution >= 0.6 is 0 Å². The van der Waals surface area contributed by atoms with E-state index in [4.69, 9.17) is 0 Å². The number of rotatable bonds is 3. The van der Waals surface area contributed by atoms with Gasteiger partial charge in [0, 0.05) is 40.7 Å². The summed E-state index contributed by atoms with van der Waals surface area (Å²) < 4.78 is 0. The Hall–Kier alpha value is -2.55. The van der Waals surface area contributed by atoms with Gasteiger partial charge in [0.05, 0.1) is 5.69 Å². The normalized spacial score (nSPS) is 10.7. The molecule has 0 aliphatic carbocycles. The first-order chi connectivity index (χ1) is 12.6. The quantitative estimate of drug-likeness (QED) is 0.297. The van der Waals surface area contributed by atoms with Crippen molar-refractivity contribution in [1.82, 2.24) is 4.98 Å². The SMILES string of the molecule is CC(=Nc1ccccc1C)c1cccnc1.C[C-]=Nc1ccccc1C.[Fe]. The summed E-state index contributed by atoms with van der Waals surface area (Å²) in [6.45, 7) is 7.90. The van der Waals surface area contributed by atoms with Crippen LogP contribution in [0.25, 0.3) is 0 Å². The van der Waals surface area contributed by atoms with E-state index >= 15 is 0 Å². The number of hydrogen-bond donors (Lipinski definition) is 0. The number of aliphatic imine (C=N–C) groups is 2. The molecule has 0 radical (unpaired) electrons. The minimum absolute atomic E-state index is 0. The summed E-state index contributed by atoms with van der Waals surface area (Å²) in [5.41, 5.74) is 6.45. The van der Waals surface area contributed by atoms with E-state index in [2.05, 4.69) is 34.2 Å². The van der Waals surface area contributed by atoms with Crippen molar-refractivity contribution >= 4 is 23.3 Å². The van der Waals surface area contributed by atoms with E-state index in [-0.39, 0.29) is 17.1 Å². The Bertz CT molecular complexity index is 887. The molecule has 0 bridgehead atoms. The predicted molar refractivity (Wildman–Crippen MR) is 111 cm³/mol. The largest absolute Gasteiger partial charge is 0.456 e. The number of nitrogens with zero attached hydrogens (tertiary/aromatic N) is 3. The van der Waals surface area contributed by atoms with Gasteiger partial charge in [-0.3, -0.25) is 9.98 Å². The molecule has 0 amide bonds. The second-order valence-corrected chi connectivity index (χ2v) is 5.85. The van der Waals surface area contributed by atoms with Gasteiger partial charge in [0.2, 0.25) is 0 Å². The summed E-state index contributed by atoms with van der Waals surface area (Å²) in [5, 5.41) is 0. The summed E-state index contributed by atoms with van der Waals surface area (Å²) in [6, 6.07) is 20.0. The van der Waals surface area contributed by atoms with Crippen molar-refractivity contribution in [3.63, 3.8) is 0 Å². The third-order valence-electron chi connectivity index (χ3n) is 3.83. The van der Waals surface area contributed by atoms with Crippen LogP contribution in [-0.4, -0.2) is 16.9 Å². The van der Waals surface area contributed by atoms with Gasteiger partial charge in [0.15, 0.2) is 0 Å². The fourth-order valence-corrected chi connectivity index (χ4v) is 2.32. The van der Waals surface area contributed by atoms with Crippen molar-refractivity contribution in [1.29, 1.82) is 0 Å². The molecule has 27 heavy (non-hydrogen) atoms. The van der Waals surface area contributed by atoms with Crippen molar-refractivity contribution in [3.8, 4) is 0 Å². The average Bonchev–Trinajstić information content (AvgIpc) is 2.67. The minimum atomic E-state index is 0. The maximum atomic E-state index is 4.61. The van der Waals surface area contributed by atoms with Gasteiger partial charge in [-0.05, 0) is 31.5 Å². The average molecular weight is 398 g/mol. The van der Waals surface area contributed by atoms with Crippen LogP contribution in [-0.2, 0) is 17.1 Å². The van der Waals surface area contributed by atoms with Crippen LogP contribution in [0.1, 0.15) is 30.5 Å². The maximum Gasteiger partial charge on any atom is 0.0662 e. The molecule has 0 fully saturated rings. The number of hydrogen-bond acceptors (Lipinski definition) is 3. The van der Waals surface area contributed by atoms with Gasteiger partial charge in [0.1, 0.15) is 0 Å². The number of pyridine rings is 1. The van der Waals surface area contributed by atoms with Crippen molar-refractivity contribution in [3.05, 3.63) is 89.7 Å². The van der Waals surface area contributed by atoms with Crippen LogP contribution in [0.5, 0.6) is 0 Å². The third kappa shape index (κ3) is 7.30. The number of aryl methyl sites for hydroxylation is 2. The van der Waals surface area contributed by atoms with E-state index in [1.165, 1.54) is 11.1 Å². The molecule has 0 saturated heterocycles. The first kappa shape index (κ1) is 22.5. The van der Waals surface area contributed by atoms with E-state index in [1.807, 2.05) is 74.6 Å². The Balaban J connectivity index is 0.000000288. The zero-order valence-electron chi connectivity index (χ0n) is 16.1. The predicted octanol–water partition coefficient (Wildman–Crippen LogP) is 6.12. The topological polar surface area (TPSA) is 37.6 Å². The summed E-state index contributed by atoms with van der Waals surface area (Å²) >= 11 is 0. The van der Waals surface area contributed by atoms with E-state index in [9.17, 15) is 0 Å². The molecule has 0 unspecified atom stereocenters. The molecule has 0 aliphatic heterocycles. The fraction of sp³-hybridized carbons (Fsp3) is 0.174. The van der Waals surface area contributed by atoms with Gasteiger partial charge in [-0.25, -0.2) is 0 Å². The summed E-state index contributed by atoms with van der Waals surface area (Å²) in [7, 11) is 0. The molecule has 0 N–H and O–H groups in total. The van der Waals surface area contributed by atoms with Crippen LogP contribution in [0.2, 0.25) is 0 Å². The molecule has 0 aliphatic rings. The Morgan fingerprint density at radius 3 is 1.96 bits per heavy atom. The molecule has 0 atom stereocenters. The molecule has 1 heterocycles. The molecular weight excluding hydrogens is 374 g/mol. The van der Waals surface area contributed by atoms with E-state index < -0.39 is 0 Å². The number of benzene rings is 2. The standard InChI is InChI=1S/C14H14N2.C9H10N.Fe/c1-11-6-3-4-8-14(11)16-12(2)13-7-5-9-15-10-13;1-3-10-9-7-5-4-6-8(9)2;/h3-10H,1-2H3;4-7H,1-2H3;/q;-1;. The van der Waals surface area contributed by atoms with Crippen molar-refractivity contribution in [2.24, 2.45) is 9.98 Å². The van der Waals surface area contributed by atoms with Crippen LogP contribution in [0, 0.1) is 13.8 Å². The van der Waals surface area contributed by atoms with Crippen molar-refractivity contribution in [2.45, 2.75) is 27.7 Å². The fourth-order valence-electron chi connectivity index (χ4n) is 2.32. The van der Waals surface area contributed by atoms with Crippen LogP contribution < -0.4 is 0 Å². The second kappa shape index (κ2) is 11.9. The molecule has 0 spiro atoms. The van der Waals surface area contributed by atoms with Crippen LogP contribution in [0.3, 0.4) is 0 Å². The van der Waals surface area contributed by atoms with E-state index in [1.54, 1.807) is 13.1 Å². The molecule has 1 aromatic heterocycles. The minimum Gasteiger partial charge on any atom is -0.456 e. The molecule has 2 aromatic carbocycles. The molecule has 140 valence electrons. The summed E-state index contributed by atoms with van der Waals surface area (Å²) in [4.78, 5) is 12.8. The van der Waals surface area contributed by atoms with Crippen molar-refractivity contribution < 1.29 is 17.1 Å². The van der Waals surface area contributed by atoms with Crippen molar-refractivity contribution in [2.75, 3.05) is 0 Å². The zero-order valence-corrected chi connectivity index (χ0v) is 17.2. The monoisotopic (exact) mass is 398 g/mol. The number of para-hydroxylation sites is 2. The second-order valence-electron chi connectivity index (χ2n) is 5.85. The van der Waals surface area contributed by atoms with Gasteiger partial charge >= 0.3 is 0 Å². The van der Waals surface area contributed by atoms with E-state index in [0.29, 0.717) is 0 Å². The Labute approximate surface area is 172 Å². The third-order valence-corrected chi connectivity index (χ3v) is 3.83. The Morgan fingerprint density at radius 2 is 1.44 bits per heavy atom. The van der Waals surface area contributed by atoms with Crippen LogP contribution in [0.15, 0.2) is 83.0 Å². The maximum absolute atomic E-state index is 4.61. The van der Waals surface area contributed by atoms with E-state index in [0.717, 1.165) is 22.6 Å². The molecule has 4 heteroatoms. The smallest absolute Gasteiger partial charge is 0.0662 e. The molecular formula is C23H24FeN3-. The molecule has 3 nitrogen and oxygen atoms in total. The Morgan fingerprint density at radius 1 is 0.852 bits per heavy atom. The molecule has 3 aromatic rings. The van der Waals surface area contributed by atoms with Gasteiger partial charge in [0.25, 0.3) is 0 Å². The zero-order chi connectivity index (χ0) is 18.8. The Kier molecular flexibility index (Phi) is 9.95.